The molecule has 3 rings (SSSR count). The van der Waals surface area contributed by atoms with E-state index < -0.39 is 0 Å². The summed E-state index contributed by atoms with van der Waals surface area (Å²) in [5, 5.41) is 3.97. The molecule has 0 unspecified atom stereocenters. The zero-order valence-corrected chi connectivity index (χ0v) is 19.2. The van der Waals surface area contributed by atoms with Crippen LogP contribution in [0.4, 0.5) is 0 Å². The number of fused-ring (bicyclic) bond motifs is 1. The molecule has 0 N–H and O–H groups in total. The standard InChI is InChI=1S/C24H33N3O4/c1-16(2)14-19-15-30-21-11-7-6-10-20(21)23(28)26(5)12-8-9-13-27(19)24(29)22-17(3)25-31-18(22)4/h6-7,10-11,16,19H,8-9,12-15H2,1-5H3/t19-/m0/s1. The van der Waals surface area contributed by atoms with Gasteiger partial charge in [-0.25, -0.2) is 0 Å². The molecular formula is C24H33N3O4. The SMILES string of the molecule is Cc1noc(C)c1C(=O)N1CCCCN(C)C(=O)c2ccccc2OC[C@@H]1CC(C)C. The van der Waals surface area contributed by atoms with Crippen molar-refractivity contribution in [3.63, 3.8) is 0 Å². The van der Waals surface area contributed by atoms with Crippen LogP contribution in [0.3, 0.4) is 0 Å². The van der Waals surface area contributed by atoms with E-state index in [4.69, 9.17) is 9.26 Å². The second kappa shape index (κ2) is 9.98. The van der Waals surface area contributed by atoms with Crippen molar-refractivity contribution in [3.8, 4) is 5.75 Å². The smallest absolute Gasteiger partial charge is 0.259 e. The first-order chi connectivity index (χ1) is 14.8. The lowest BCUT2D eigenvalue weighted by Gasteiger charge is -2.34. The molecule has 1 aromatic carbocycles. The van der Waals surface area contributed by atoms with Crippen LogP contribution in [0.25, 0.3) is 0 Å². The Morgan fingerprint density at radius 3 is 2.58 bits per heavy atom. The Labute approximate surface area is 184 Å². The van der Waals surface area contributed by atoms with Gasteiger partial charge in [-0.15, -0.1) is 0 Å². The number of amides is 2. The number of carbonyl (C=O) groups is 2. The third kappa shape index (κ3) is 5.27. The number of ether oxygens (including phenoxy) is 1. The molecule has 0 bridgehead atoms. The molecule has 0 saturated heterocycles. The van der Waals surface area contributed by atoms with E-state index in [1.807, 2.05) is 23.1 Å². The van der Waals surface area contributed by atoms with Crippen LogP contribution in [0.5, 0.6) is 5.75 Å². The van der Waals surface area contributed by atoms with Gasteiger partial charge in [0.2, 0.25) is 0 Å². The Balaban J connectivity index is 1.96. The van der Waals surface area contributed by atoms with Crippen LogP contribution in [-0.4, -0.2) is 59.6 Å². The minimum Gasteiger partial charge on any atom is -0.491 e. The molecule has 168 valence electrons. The van der Waals surface area contributed by atoms with Gasteiger partial charge < -0.3 is 19.1 Å². The molecule has 0 fully saturated rings. The number of rotatable bonds is 3. The van der Waals surface area contributed by atoms with Crippen molar-refractivity contribution in [2.45, 2.75) is 53.0 Å². The fourth-order valence-corrected chi connectivity index (χ4v) is 4.10. The minimum absolute atomic E-state index is 0.0414. The van der Waals surface area contributed by atoms with E-state index in [-0.39, 0.29) is 17.9 Å². The van der Waals surface area contributed by atoms with Crippen molar-refractivity contribution in [1.82, 2.24) is 15.0 Å². The molecule has 1 aliphatic rings. The average Bonchev–Trinajstić information content (AvgIpc) is 3.07. The van der Waals surface area contributed by atoms with E-state index in [9.17, 15) is 9.59 Å². The van der Waals surface area contributed by atoms with Crippen molar-refractivity contribution in [1.29, 1.82) is 0 Å². The van der Waals surface area contributed by atoms with Crippen molar-refractivity contribution in [2.24, 2.45) is 5.92 Å². The minimum atomic E-state index is -0.124. The van der Waals surface area contributed by atoms with Crippen LogP contribution >= 0.6 is 0 Å². The first kappa shape index (κ1) is 22.8. The molecule has 0 radical (unpaired) electrons. The summed E-state index contributed by atoms with van der Waals surface area (Å²) in [4.78, 5) is 30.1. The number of hydrogen-bond donors (Lipinski definition) is 0. The van der Waals surface area contributed by atoms with Crippen LogP contribution in [-0.2, 0) is 0 Å². The Morgan fingerprint density at radius 1 is 1.19 bits per heavy atom. The highest BCUT2D eigenvalue weighted by Gasteiger charge is 2.30. The van der Waals surface area contributed by atoms with Crippen molar-refractivity contribution in [2.75, 3.05) is 26.7 Å². The van der Waals surface area contributed by atoms with Gasteiger partial charge in [0.25, 0.3) is 11.8 Å². The zero-order chi connectivity index (χ0) is 22.5. The van der Waals surface area contributed by atoms with Gasteiger partial charge in [0.15, 0.2) is 0 Å². The number of hydrogen-bond acceptors (Lipinski definition) is 5. The van der Waals surface area contributed by atoms with E-state index in [1.54, 1.807) is 31.9 Å². The molecule has 2 heterocycles. The third-order valence-electron chi connectivity index (χ3n) is 5.73. The van der Waals surface area contributed by atoms with E-state index in [2.05, 4.69) is 19.0 Å². The highest BCUT2D eigenvalue weighted by molar-refractivity contribution is 5.97. The molecule has 0 spiro atoms. The number of para-hydroxylation sites is 1. The average molecular weight is 428 g/mol. The summed E-state index contributed by atoms with van der Waals surface area (Å²) in [6.07, 6.45) is 2.40. The summed E-state index contributed by atoms with van der Waals surface area (Å²) in [7, 11) is 1.80. The topological polar surface area (TPSA) is 75.9 Å². The molecule has 31 heavy (non-hydrogen) atoms. The molecular weight excluding hydrogens is 394 g/mol. The van der Waals surface area contributed by atoms with E-state index in [0.29, 0.717) is 53.9 Å². The van der Waals surface area contributed by atoms with Gasteiger partial charge in [0.05, 0.1) is 17.3 Å². The maximum absolute atomic E-state index is 13.6. The van der Waals surface area contributed by atoms with Gasteiger partial charge in [-0.1, -0.05) is 31.1 Å². The molecule has 2 amide bonds. The predicted molar refractivity (Wildman–Crippen MR) is 118 cm³/mol. The van der Waals surface area contributed by atoms with Gasteiger partial charge >= 0.3 is 0 Å². The fourth-order valence-electron chi connectivity index (χ4n) is 4.10. The second-order valence-corrected chi connectivity index (χ2v) is 8.72. The Bertz CT molecular complexity index is 902. The van der Waals surface area contributed by atoms with E-state index in [1.165, 1.54) is 0 Å². The number of aryl methyl sites for hydroxylation is 2. The molecule has 7 heteroatoms. The van der Waals surface area contributed by atoms with E-state index >= 15 is 0 Å². The van der Waals surface area contributed by atoms with Crippen molar-refractivity contribution in [3.05, 3.63) is 46.8 Å². The summed E-state index contributed by atoms with van der Waals surface area (Å²) < 4.78 is 11.4. The fraction of sp³-hybridized carbons (Fsp3) is 0.542. The summed E-state index contributed by atoms with van der Waals surface area (Å²) in [6, 6.07) is 7.20. The zero-order valence-electron chi connectivity index (χ0n) is 19.2. The highest BCUT2D eigenvalue weighted by Crippen LogP contribution is 2.25. The summed E-state index contributed by atoms with van der Waals surface area (Å²) in [6.45, 7) is 9.38. The highest BCUT2D eigenvalue weighted by atomic mass is 16.5. The van der Waals surface area contributed by atoms with E-state index in [0.717, 1.165) is 19.3 Å². The van der Waals surface area contributed by atoms with Crippen molar-refractivity contribution >= 4 is 11.8 Å². The lowest BCUT2D eigenvalue weighted by atomic mass is 10.0. The Kier molecular flexibility index (Phi) is 7.36. The Hall–Kier alpha value is -2.83. The number of benzene rings is 1. The molecule has 0 aliphatic carbocycles. The molecule has 1 aromatic heterocycles. The quantitative estimate of drug-likeness (QED) is 0.737. The normalized spacial score (nSPS) is 18.3. The molecule has 0 saturated carbocycles. The molecule has 7 nitrogen and oxygen atoms in total. The molecule has 2 aromatic rings. The second-order valence-electron chi connectivity index (χ2n) is 8.72. The summed E-state index contributed by atoms with van der Waals surface area (Å²) >= 11 is 0. The van der Waals surface area contributed by atoms with Gasteiger partial charge in [0, 0.05) is 20.1 Å². The van der Waals surface area contributed by atoms with Gasteiger partial charge in [-0.2, -0.15) is 0 Å². The van der Waals surface area contributed by atoms with Crippen LogP contribution in [0.1, 0.15) is 65.3 Å². The first-order valence-electron chi connectivity index (χ1n) is 11.0. The monoisotopic (exact) mass is 427 g/mol. The van der Waals surface area contributed by atoms with Crippen LogP contribution in [0.2, 0.25) is 0 Å². The lowest BCUT2D eigenvalue weighted by Crippen LogP contribution is -2.46. The number of nitrogens with zero attached hydrogens (tertiary/aromatic N) is 3. The van der Waals surface area contributed by atoms with Crippen LogP contribution in [0.15, 0.2) is 28.8 Å². The largest absolute Gasteiger partial charge is 0.491 e. The van der Waals surface area contributed by atoms with Crippen molar-refractivity contribution < 1.29 is 18.8 Å². The molecule has 1 aliphatic heterocycles. The van der Waals surface area contributed by atoms with Crippen LogP contribution < -0.4 is 4.74 Å². The maximum atomic E-state index is 13.6. The Morgan fingerprint density at radius 2 is 1.90 bits per heavy atom. The first-order valence-corrected chi connectivity index (χ1v) is 11.0. The van der Waals surface area contributed by atoms with Gasteiger partial charge in [-0.3, -0.25) is 9.59 Å². The third-order valence-corrected chi connectivity index (χ3v) is 5.73. The van der Waals surface area contributed by atoms with Gasteiger partial charge in [-0.05, 0) is 51.2 Å². The lowest BCUT2D eigenvalue weighted by molar-refractivity contribution is 0.0557. The summed E-state index contributed by atoms with van der Waals surface area (Å²) in [5.41, 5.74) is 1.69. The van der Waals surface area contributed by atoms with Crippen LogP contribution in [0, 0.1) is 19.8 Å². The summed E-state index contributed by atoms with van der Waals surface area (Å²) in [5.74, 6) is 1.36. The maximum Gasteiger partial charge on any atom is 0.259 e. The molecule has 1 atom stereocenters. The number of aromatic nitrogens is 1. The number of carbonyl (C=O) groups excluding carboxylic acids is 2. The predicted octanol–water partition coefficient (Wildman–Crippen LogP) is 4.09. The van der Waals surface area contributed by atoms with Gasteiger partial charge in [0.1, 0.15) is 23.7 Å².